The van der Waals surface area contributed by atoms with Crippen molar-refractivity contribution in [2.45, 2.75) is 26.2 Å². The molecular formula is C15H20N2O2. The van der Waals surface area contributed by atoms with Crippen molar-refractivity contribution in [1.82, 2.24) is 5.32 Å². The molecule has 19 heavy (non-hydrogen) atoms. The molecule has 4 nitrogen and oxygen atoms in total. The number of rotatable bonds is 6. The summed E-state index contributed by atoms with van der Waals surface area (Å²) in [4.78, 5) is 23.7. The largest absolute Gasteiger partial charge is 0.356 e. The molecule has 0 heterocycles. The third kappa shape index (κ3) is 3.81. The highest BCUT2D eigenvalue weighted by Crippen LogP contribution is 2.39. The van der Waals surface area contributed by atoms with Crippen molar-refractivity contribution in [2.24, 2.45) is 11.8 Å². The zero-order valence-electron chi connectivity index (χ0n) is 11.2. The van der Waals surface area contributed by atoms with Crippen LogP contribution >= 0.6 is 0 Å². The van der Waals surface area contributed by atoms with E-state index in [0.717, 1.165) is 18.5 Å². The molecule has 2 rings (SSSR count). The van der Waals surface area contributed by atoms with Crippen molar-refractivity contribution in [3.05, 3.63) is 30.3 Å². The minimum atomic E-state index is -0.165. The van der Waals surface area contributed by atoms with Crippen LogP contribution in [0.2, 0.25) is 0 Å². The number of anilines is 1. The molecule has 0 aliphatic heterocycles. The van der Waals surface area contributed by atoms with Gasteiger partial charge in [0.1, 0.15) is 0 Å². The Morgan fingerprint density at radius 1 is 1.16 bits per heavy atom. The number of benzene rings is 1. The molecule has 1 aromatic rings. The third-order valence-corrected chi connectivity index (χ3v) is 3.33. The molecule has 0 saturated heterocycles. The molecule has 0 radical (unpaired) electrons. The molecule has 1 aliphatic rings. The van der Waals surface area contributed by atoms with E-state index in [0.29, 0.717) is 13.0 Å². The maximum atomic E-state index is 11.9. The Bertz CT molecular complexity index is 445. The second-order valence-corrected chi connectivity index (χ2v) is 4.95. The Kier molecular flexibility index (Phi) is 4.55. The van der Waals surface area contributed by atoms with Gasteiger partial charge in [-0.2, -0.15) is 0 Å². The second-order valence-electron chi connectivity index (χ2n) is 4.95. The minimum absolute atomic E-state index is 0.0154. The Morgan fingerprint density at radius 3 is 2.53 bits per heavy atom. The van der Waals surface area contributed by atoms with Crippen LogP contribution in [0, 0.1) is 11.8 Å². The summed E-state index contributed by atoms with van der Waals surface area (Å²) in [6.07, 6.45) is 2.71. The van der Waals surface area contributed by atoms with E-state index in [4.69, 9.17) is 0 Å². The van der Waals surface area contributed by atoms with Gasteiger partial charge in [0.05, 0.1) is 11.8 Å². The van der Waals surface area contributed by atoms with Gasteiger partial charge >= 0.3 is 0 Å². The average molecular weight is 260 g/mol. The number of carbonyl (C=O) groups excluding carboxylic acids is 2. The predicted molar refractivity (Wildman–Crippen MR) is 74.6 cm³/mol. The maximum Gasteiger partial charge on any atom is 0.228 e. The fraction of sp³-hybridized carbons (Fsp3) is 0.467. The molecule has 102 valence electrons. The fourth-order valence-corrected chi connectivity index (χ4v) is 2.05. The van der Waals surface area contributed by atoms with Gasteiger partial charge in [0.2, 0.25) is 11.8 Å². The van der Waals surface area contributed by atoms with E-state index in [1.165, 1.54) is 0 Å². The van der Waals surface area contributed by atoms with E-state index in [1.807, 2.05) is 30.3 Å². The number of carbonyl (C=O) groups is 2. The zero-order valence-corrected chi connectivity index (χ0v) is 11.2. The van der Waals surface area contributed by atoms with Gasteiger partial charge in [0.15, 0.2) is 0 Å². The highest BCUT2D eigenvalue weighted by Gasteiger charge is 2.47. The van der Waals surface area contributed by atoms with Gasteiger partial charge in [-0.05, 0) is 25.0 Å². The first-order chi connectivity index (χ1) is 9.22. The van der Waals surface area contributed by atoms with Crippen LogP contribution in [0.4, 0.5) is 5.69 Å². The molecule has 0 aromatic heterocycles. The van der Waals surface area contributed by atoms with Crippen LogP contribution in [0.25, 0.3) is 0 Å². The van der Waals surface area contributed by atoms with E-state index < -0.39 is 0 Å². The van der Waals surface area contributed by atoms with Crippen LogP contribution in [0.3, 0.4) is 0 Å². The van der Waals surface area contributed by atoms with Crippen molar-refractivity contribution in [2.75, 3.05) is 11.9 Å². The lowest BCUT2D eigenvalue weighted by Gasteiger charge is -2.05. The molecular weight excluding hydrogens is 240 g/mol. The lowest BCUT2D eigenvalue weighted by Crippen LogP contribution is -2.28. The van der Waals surface area contributed by atoms with Gasteiger partial charge in [-0.15, -0.1) is 0 Å². The smallest absolute Gasteiger partial charge is 0.228 e. The van der Waals surface area contributed by atoms with Crippen molar-refractivity contribution < 1.29 is 9.59 Å². The van der Waals surface area contributed by atoms with Crippen LogP contribution in [-0.2, 0) is 9.59 Å². The molecule has 1 aromatic carbocycles. The van der Waals surface area contributed by atoms with E-state index in [9.17, 15) is 9.59 Å². The summed E-state index contributed by atoms with van der Waals surface area (Å²) in [5.74, 6) is -0.342. The summed E-state index contributed by atoms with van der Waals surface area (Å²) in [5, 5.41) is 5.71. The van der Waals surface area contributed by atoms with E-state index >= 15 is 0 Å². The van der Waals surface area contributed by atoms with Gasteiger partial charge in [-0.25, -0.2) is 0 Å². The predicted octanol–water partition coefficient (Wildman–Crippen LogP) is 2.18. The normalized spacial score (nSPS) is 20.7. The standard InChI is InChI=1S/C15H20N2O2/c1-2-3-9-16-14(18)12-10-13(12)15(19)17-11-7-5-4-6-8-11/h4-8,12-13H,2-3,9-10H2,1H3,(H,16,18)(H,17,19). The van der Waals surface area contributed by atoms with Crippen LogP contribution in [-0.4, -0.2) is 18.4 Å². The topological polar surface area (TPSA) is 58.2 Å². The molecule has 1 fully saturated rings. The summed E-state index contributed by atoms with van der Waals surface area (Å²) in [7, 11) is 0. The molecule has 2 N–H and O–H groups in total. The fourth-order valence-electron chi connectivity index (χ4n) is 2.05. The van der Waals surface area contributed by atoms with Gasteiger partial charge in [-0.1, -0.05) is 31.5 Å². The Morgan fingerprint density at radius 2 is 1.84 bits per heavy atom. The molecule has 2 amide bonds. The zero-order chi connectivity index (χ0) is 13.7. The third-order valence-electron chi connectivity index (χ3n) is 3.33. The highest BCUT2D eigenvalue weighted by atomic mass is 16.2. The number of amides is 2. The van der Waals surface area contributed by atoms with Crippen LogP contribution in [0.15, 0.2) is 30.3 Å². The van der Waals surface area contributed by atoms with Crippen LogP contribution in [0.5, 0.6) is 0 Å². The Labute approximate surface area is 113 Å². The molecule has 4 heteroatoms. The monoisotopic (exact) mass is 260 g/mol. The van der Waals surface area contributed by atoms with E-state index in [2.05, 4.69) is 17.6 Å². The van der Waals surface area contributed by atoms with Crippen molar-refractivity contribution in [3.63, 3.8) is 0 Å². The lowest BCUT2D eigenvalue weighted by atomic mass is 10.2. The summed E-state index contributed by atoms with van der Waals surface area (Å²) < 4.78 is 0. The maximum absolute atomic E-state index is 11.9. The number of unbranched alkanes of at least 4 members (excludes halogenated alkanes) is 1. The van der Waals surface area contributed by atoms with Crippen LogP contribution in [0.1, 0.15) is 26.2 Å². The summed E-state index contributed by atoms with van der Waals surface area (Å²) in [5.41, 5.74) is 0.782. The Balaban J connectivity index is 1.76. The number of para-hydroxylation sites is 1. The number of hydrogen-bond acceptors (Lipinski definition) is 2. The van der Waals surface area contributed by atoms with Gasteiger partial charge in [-0.3, -0.25) is 9.59 Å². The minimum Gasteiger partial charge on any atom is -0.356 e. The first kappa shape index (κ1) is 13.6. The molecule has 1 saturated carbocycles. The number of nitrogens with one attached hydrogen (secondary N) is 2. The summed E-state index contributed by atoms with van der Waals surface area (Å²) >= 11 is 0. The SMILES string of the molecule is CCCCNC(=O)C1CC1C(=O)Nc1ccccc1. The Hall–Kier alpha value is -1.84. The molecule has 1 aliphatic carbocycles. The molecule has 0 spiro atoms. The van der Waals surface area contributed by atoms with Crippen LogP contribution < -0.4 is 10.6 Å². The molecule has 2 atom stereocenters. The first-order valence-corrected chi connectivity index (χ1v) is 6.86. The highest BCUT2D eigenvalue weighted by molar-refractivity contribution is 5.99. The average Bonchev–Trinajstić information content (AvgIpc) is 3.20. The van der Waals surface area contributed by atoms with Gasteiger partial charge in [0.25, 0.3) is 0 Å². The van der Waals surface area contributed by atoms with Crippen molar-refractivity contribution >= 4 is 17.5 Å². The van der Waals surface area contributed by atoms with Crippen molar-refractivity contribution in [1.29, 1.82) is 0 Å². The summed E-state index contributed by atoms with van der Waals surface area (Å²) in [6.45, 7) is 2.79. The van der Waals surface area contributed by atoms with Gasteiger partial charge in [0, 0.05) is 12.2 Å². The lowest BCUT2D eigenvalue weighted by molar-refractivity contribution is -0.125. The quantitative estimate of drug-likeness (QED) is 0.770. The summed E-state index contributed by atoms with van der Waals surface area (Å²) in [6, 6.07) is 9.33. The van der Waals surface area contributed by atoms with E-state index in [-0.39, 0.29) is 23.7 Å². The van der Waals surface area contributed by atoms with E-state index in [1.54, 1.807) is 0 Å². The molecule has 2 unspecified atom stereocenters. The number of hydrogen-bond donors (Lipinski definition) is 2. The van der Waals surface area contributed by atoms with Crippen molar-refractivity contribution in [3.8, 4) is 0 Å². The second kappa shape index (κ2) is 6.36. The van der Waals surface area contributed by atoms with Gasteiger partial charge < -0.3 is 10.6 Å². The molecule has 0 bridgehead atoms. The first-order valence-electron chi connectivity index (χ1n) is 6.86.